The Labute approximate surface area is 176 Å². The van der Waals surface area contributed by atoms with Crippen molar-refractivity contribution < 1.29 is 4.74 Å². The third-order valence-electron chi connectivity index (χ3n) is 5.67. The van der Waals surface area contributed by atoms with E-state index in [1.165, 1.54) is 22.1 Å². The number of hydrogen-bond donors (Lipinski definition) is 0. The van der Waals surface area contributed by atoms with Crippen molar-refractivity contribution in [2.75, 3.05) is 0 Å². The van der Waals surface area contributed by atoms with Gasteiger partial charge in [0.05, 0.1) is 11.0 Å². The average Bonchev–Trinajstić information content (AvgIpc) is 3.12. The SMILES string of the molecule is Cc1ccc(C)c(Cn2c(COc3cccc4ccccc34)nc3ccccc32)c1. The highest BCUT2D eigenvalue weighted by Gasteiger charge is 2.13. The van der Waals surface area contributed by atoms with Crippen molar-refractivity contribution in [3.8, 4) is 5.75 Å². The highest BCUT2D eigenvalue weighted by Crippen LogP contribution is 2.27. The van der Waals surface area contributed by atoms with Crippen molar-refractivity contribution >= 4 is 21.8 Å². The lowest BCUT2D eigenvalue weighted by molar-refractivity contribution is 0.295. The molecular weight excluding hydrogens is 368 g/mol. The van der Waals surface area contributed by atoms with Gasteiger partial charge < -0.3 is 9.30 Å². The zero-order valence-corrected chi connectivity index (χ0v) is 17.3. The second-order valence-electron chi connectivity index (χ2n) is 7.80. The van der Waals surface area contributed by atoms with Crippen molar-refractivity contribution in [3.05, 3.63) is 107 Å². The molecule has 0 N–H and O–H groups in total. The van der Waals surface area contributed by atoms with Crippen LogP contribution in [0.2, 0.25) is 0 Å². The number of hydrogen-bond acceptors (Lipinski definition) is 2. The van der Waals surface area contributed by atoms with Crippen LogP contribution in [0.5, 0.6) is 5.75 Å². The molecule has 0 atom stereocenters. The molecule has 1 aromatic heterocycles. The van der Waals surface area contributed by atoms with Gasteiger partial charge in [-0.05, 0) is 48.6 Å². The minimum absolute atomic E-state index is 0.424. The van der Waals surface area contributed by atoms with Gasteiger partial charge in [-0.1, -0.05) is 72.3 Å². The van der Waals surface area contributed by atoms with Crippen LogP contribution in [0.4, 0.5) is 0 Å². The zero-order valence-electron chi connectivity index (χ0n) is 17.3. The number of para-hydroxylation sites is 2. The van der Waals surface area contributed by atoms with Crippen molar-refractivity contribution in [2.45, 2.75) is 27.0 Å². The van der Waals surface area contributed by atoms with E-state index in [-0.39, 0.29) is 0 Å². The topological polar surface area (TPSA) is 27.1 Å². The van der Waals surface area contributed by atoms with Crippen molar-refractivity contribution in [2.24, 2.45) is 0 Å². The molecule has 1 heterocycles. The molecule has 3 heteroatoms. The molecular formula is C27H24N2O. The van der Waals surface area contributed by atoms with E-state index in [1.807, 2.05) is 24.3 Å². The fourth-order valence-electron chi connectivity index (χ4n) is 4.02. The lowest BCUT2D eigenvalue weighted by atomic mass is 10.1. The second kappa shape index (κ2) is 7.68. The molecule has 0 radical (unpaired) electrons. The number of fused-ring (bicyclic) bond motifs is 2. The Morgan fingerprint density at radius 1 is 0.833 bits per heavy atom. The van der Waals surface area contributed by atoms with E-state index in [9.17, 15) is 0 Å². The average molecular weight is 393 g/mol. The lowest BCUT2D eigenvalue weighted by Crippen LogP contribution is -2.09. The maximum absolute atomic E-state index is 6.28. The highest BCUT2D eigenvalue weighted by atomic mass is 16.5. The Balaban J connectivity index is 1.52. The fraction of sp³-hybridized carbons (Fsp3) is 0.148. The van der Waals surface area contributed by atoms with Crippen LogP contribution >= 0.6 is 0 Å². The van der Waals surface area contributed by atoms with E-state index in [0.717, 1.165) is 34.5 Å². The van der Waals surface area contributed by atoms with Crippen LogP contribution in [0.1, 0.15) is 22.5 Å². The van der Waals surface area contributed by atoms with Crippen LogP contribution < -0.4 is 4.74 Å². The molecule has 0 amide bonds. The molecule has 0 spiro atoms. The first-order valence-corrected chi connectivity index (χ1v) is 10.3. The summed E-state index contributed by atoms with van der Waals surface area (Å²) in [5, 5.41) is 2.30. The minimum atomic E-state index is 0.424. The molecule has 3 nitrogen and oxygen atoms in total. The van der Waals surface area contributed by atoms with E-state index in [0.29, 0.717) is 6.61 Å². The first-order valence-electron chi connectivity index (χ1n) is 10.3. The van der Waals surface area contributed by atoms with Crippen LogP contribution in [0.3, 0.4) is 0 Å². The van der Waals surface area contributed by atoms with Crippen LogP contribution in [0.25, 0.3) is 21.8 Å². The van der Waals surface area contributed by atoms with Gasteiger partial charge in [-0.2, -0.15) is 0 Å². The summed E-state index contributed by atoms with van der Waals surface area (Å²) in [4.78, 5) is 4.89. The predicted molar refractivity (Wildman–Crippen MR) is 123 cm³/mol. The number of ether oxygens (including phenoxy) is 1. The molecule has 4 aromatic carbocycles. The lowest BCUT2D eigenvalue weighted by Gasteiger charge is -2.14. The largest absolute Gasteiger partial charge is 0.485 e. The van der Waals surface area contributed by atoms with Crippen molar-refractivity contribution in [1.82, 2.24) is 9.55 Å². The molecule has 0 bridgehead atoms. The molecule has 5 aromatic rings. The van der Waals surface area contributed by atoms with Gasteiger partial charge in [0.1, 0.15) is 18.2 Å². The van der Waals surface area contributed by atoms with Crippen LogP contribution in [-0.4, -0.2) is 9.55 Å². The molecule has 148 valence electrons. The van der Waals surface area contributed by atoms with Gasteiger partial charge >= 0.3 is 0 Å². The van der Waals surface area contributed by atoms with Gasteiger partial charge in [-0.15, -0.1) is 0 Å². The number of imidazole rings is 1. The Morgan fingerprint density at radius 2 is 1.63 bits per heavy atom. The molecule has 5 rings (SSSR count). The number of aryl methyl sites for hydroxylation is 2. The zero-order chi connectivity index (χ0) is 20.5. The normalized spacial score (nSPS) is 11.3. The molecule has 0 fully saturated rings. The minimum Gasteiger partial charge on any atom is -0.485 e. The van der Waals surface area contributed by atoms with Crippen molar-refractivity contribution in [1.29, 1.82) is 0 Å². The van der Waals surface area contributed by atoms with Crippen molar-refractivity contribution in [3.63, 3.8) is 0 Å². The van der Waals surface area contributed by atoms with E-state index in [2.05, 4.69) is 79.1 Å². The number of benzene rings is 4. The standard InChI is InChI=1S/C27H24N2O/c1-19-14-15-20(2)22(16-19)17-29-25-12-6-5-11-24(25)28-27(29)18-30-26-13-7-9-21-8-3-4-10-23(21)26/h3-16H,17-18H2,1-2H3. The Hall–Kier alpha value is -3.59. The van der Waals surface area contributed by atoms with E-state index < -0.39 is 0 Å². The van der Waals surface area contributed by atoms with E-state index >= 15 is 0 Å². The van der Waals surface area contributed by atoms with E-state index in [1.54, 1.807) is 0 Å². The first kappa shape index (κ1) is 18.4. The summed E-state index contributed by atoms with van der Waals surface area (Å²) in [6, 6.07) is 29.4. The monoisotopic (exact) mass is 392 g/mol. The maximum Gasteiger partial charge on any atom is 0.148 e. The van der Waals surface area contributed by atoms with Gasteiger partial charge in [0.2, 0.25) is 0 Å². The predicted octanol–water partition coefficient (Wildman–Crippen LogP) is 6.43. The Kier molecular flexibility index (Phi) is 4.72. The second-order valence-corrected chi connectivity index (χ2v) is 7.80. The summed E-state index contributed by atoms with van der Waals surface area (Å²) >= 11 is 0. The Morgan fingerprint density at radius 3 is 2.57 bits per heavy atom. The molecule has 0 aliphatic rings. The number of nitrogens with zero attached hydrogens (tertiary/aromatic N) is 2. The van der Waals surface area contributed by atoms with Gasteiger partial charge in [0, 0.05) is 11.9 Å². The summed E-state index contributed by atoms with van der Waals surface area (Å²) in [5.41, 5.74) is 6.01. The van der Waals surface area contributed by atoms with Gasteiger partial charge in [0.25, 0.3) is 0 Å². The quantitative estimate of drug-likeness (QED) is 0.344. The van der Waals surface area contributed by atoms with Crippen LogP contribution in [0.15, 0.2) is 84.9 Å². The fourth-order valence-corrected chi connectivity index (χ4v) is 4.02. The third-order valence-corrected chi connectivity index (χ3v) is 5.67. The molecule has 0 aliphatic carbocycles. The Bertz CT molecular complexity index is 1340. The van der Waals surface area contributed by atoms with E-state index in [4.69, 9.17) is 9.72 Å². The number of rotatable bonds is 5. The summed E-state index contributed by atoms with van der Waals surface area (Å²) in [6.07, 6.45) is 0. The summed E-state index contributed by atoms with van der Waals surface area (Å²) in [5.74, 6) is 1.82. The van der Waals surface area contributed by atoms with Crippen LogP contribution in [0, 0.1) is 13.8 Å². The molecule has 30 heavy (non-hydrogen) atoms. The smallest absolute Gasteiger partial charge is 0.148 e. The number of aromatic nitrogens is 2. The summed E-state index contributed by atoms with van der Waals surface area (Å²) < 4.78 is 8.56. The highest BCUT2D eigenvalue weighted by molar-refractivity contribution is 5.88. The molecule has 0 saturated heterocycles. The molecule has 0 aliphatic heterocycles. The first-order chi connectivity index (χ1) is 14.7. The molecule has 0 saturated carbocycles. The summed E-state index contributed by atoms with van der Waals surface area (Å²) in [7, 11) is 0. The third kappa shape index (κ3) is 3.43. The van der Waals surface area contributed by atoms with Gasteiger partial charge in [-0.3, -0.25) is 0 Å². The molecule has 0 unspecified atom stereocenters. The van der Waals surface area contributed by atoms with Gasteiger partial charge in [0.15, 0.2) is 0 Å². The maximum atomic E-state index is 6.28. The van der Waals surface area contributed by atoms with Gasteiger partial charge in [-0.25, -0.2) is 4.98 Å². The van der Waals surface area contributed by atoms with Crippen LogP contribution in [-0.2, 0) is 13.2 Å². The summed E-state index contributed by atoms with van der Waals surface area (Å²) in [6.45, 7) is 5.51.